The smallest absolute Gasteiger partial charge is 0.172 e. The third kappa shape index (κ3) is 5.30. The van der Waals surface area contributed by atoms with Gasteiger partial charge in [-0.1, -0.05) is 0 Å². The van der Waals surface area contributed by atoms with Gasteiger partial charge in [-0.05, 0) is 26.7 Å². The van der Waals surface area contributed by atoms with Crippen molar-refractivity contribution in [3.63, 3.8) is 0 Å². The van der Waals surface area contributed by atoms with Gasteiger partial charge in [0.15, 0.2) is 5.79 Å². The Kier molecular flexibility index (Phi) is 6.71. The number of ether oxygens (including phenoxy) is 5. The average molecular weight is 288 g/mol. The van der Waals surface area contributed by atoms with Crippen LogP contribution in [0.3, 0.4) is 0 Å². The van der Waals surface area contributed by atoms with Crippen molar-refractivity contribution in [2.24, 2.45) is 0 Å². The Hall–Kier alpha value is -0.200. The van der Waals surface area contributed by atoms with Crippen LogP contribution in [0.4, 0.5) is 0 Å². The predicted molar refractivity (Wildman–Crippen MR) is 74.8 cm³/mol. The summed E-state index contributed by atoms with van der Waals surface area (Å²) in [7, 11) is 0. The summed E-state index contributed by atoms with van der Waals surface area (Å²) >= 11 is 0. The molecule has 2 fully saturated rings. The Morgan fingerprint density at radius 1 is 1.10 bits per heavy atom. The van der Waals surface area contributed by atoms with Crippen LogP contribution in [0.2, 0.25) is 0 Å². The van der Waals surface area contributed by atoms with Gasteiger partial charge >= 0.3 is 0 Å². The van der Waals surface area contributed by atoms with E-state index in [-0.39, 0.29) is 6.10 Å². The minimum absolute atomic E-state index is 0.211. The highest BCUT2D eigenvalue weighted by molar-refractivity contribution is 4.80. The van der Waals surface area contributed by atoms with E-state index in [1.54, 1.807) is 0 Å². The molecule has 2 saturated heterocycles. The molecule has 0 aromatic carbocycles. The van der Waals surface area contributed by atoms with Gasteiger partial charge in [-0.3, -0.25) is 0 Å². The van der Waals surface area contributed by atoms with E-state index in [0.717, 1.165) is 45.5 Å². The van der Waals surface area contributed by atoms with Crippen LogP contribution in [-0.2, 0) is 23.7 Å². The maximum atomic E-state index is 5.86. The first kappa shape index (κ1) is 16.2. The quantitative estimate of drug-likeness (QED) is 0.350. The van der Waals surface area contributed by atoms with Crippen molar-refractivity contribution in [3.05, 3.63) is 0 Å². The van der Waals surface area contributed by atoms with E-state index in [4.69, 9.17) is 23.7 Å². The molecule has 2 aliphatic rings. The van der Waals surface area contributed by atoms with Gasteiger partial charge < -0.3 is 23.7 Å². The number of hydrogen-bond donors (Lipinski definition) is 0. The van der Waals surface area contributed by atoms with Gasteiger partial charge in [0.2, 0.25) is 0 Å². The second-order valence-corrected chi connectivity index (χ2v) is 5.40. The van der Waals surface area contributed by atoms with Gasteiger partial charge in [-0.2, -0.15) is 0 Å². The lowest BCUT2D eigenvalue weighted by molar-refractivity contribution is -0.277. The second kappa shape index (κ2) is 8.29. The standard InChI is InChI=1S/C15H28O5/c1-3-19-15(20-4-2)7-9-17-13(10-15)6-5-8-16-11-14-12-18-14/h13-14H,3-12H2,1-2H3. The Balaban J connectivity index is 1.65. The molecule has 2 unspecified atom stereocenters. The summed E-state index contributed by atoms with van der Waals surface area (Å²) in [6.45, 7) is 8.45. The largest absolute Gasteiger partial charge is 0.379 e. The van der Waals surface area contributed by atoms with E-state index in [1.165, 1.54) is 0 Å². The molecule has 0 saturated carbocycles. The topological polar surface area (TPSA) is 49.5 Å². The minimum Gasteiger partial charge on any atom is -0.379 e. The third-order valence-corrected chi connectivity index (χ3v) is 3.71. The molecular formula is C15H28O5. The highest BCUT2D eigenvalue weighted by Gasteiger charge is 2.38. The van der Waals surface area contributed by atoms with Crippen LogP contribution in [0.1, 0.15) is 39.5 Å². The van der Waals surface area contributed by atoms with Crippen LogP contribution in [0, 0.1) is 0 Å². The van der Waals surface area contributed by atoms with Crippen molar-refractivity contribution in [1.29, 1.82) is 0 Å². The Morgan fingerprint density at radius 2 is 1.85 bits per heavy atom. The van der Waals surface area contributed by atoms with Crippen molar-refractivity contribution in [2.45, 2.75) is 57.5 Å². The summed E-state index contributed by atoms with van der Waals surface area (Å²) in [5, 5.41) is 0. The minimum atomic E-state index is -0.435. The fourth-order valence-electron chi connectivity index (χ4n) is 2.70. The third-order valence-electron chi connectivity index (χ3n) is 3.71. The maximum absolute atomic E-state index is 5.86. The molecule has 20 heavy (non-hydrogen) atoms. The van der Waals surface area contributed by atoms with Crippen LogP contribution in [0.5, 0.6) is 0 Å². The van der Waals surface area contributed by atoms with Crippen LogP contribution in [0.15, 0.2) is 0 Å². The second-order valence-electron chi connectivity index (χ2n) is 5.40. The molecule has 118 valence electrons. The van der Waals surface area contributed by atoms with Crippen LogP contribution >= 0.6 is 0 Å². The van der Waals surface area contributed by atoms with Gasteiger partial charge in [0, 0.05) is 32.7 Å². The molecule has 2 heterocycles. The van der Waals surface area contributed by atoms with Crippen molar-refractivity contribution in [1.82, 2.24) is 0 Å². The summed E-state index contributed by atoms with van der Waals surface area (Å²) < 4.78 is 28.2. The van der Waals surface area contributed by atoms with E-state index < -0.39 is 5.79 Å². The lowest BCUT2D eigenvalue weighted by atomic mass is 9.98. The number of rotatable bonds is 10. The predicted octanol–water partition coefficient (Wildman–Crippen LogP) is 2.13. The summed E-state index contributed by atoms with van der Waals surface area (Å²) in [6, 6.07) is 0. The number of hydrogen-bond acceptors (Lipinski definition) is 5. The first-order chi connectivity index (χ1) is 9.78. The average Bonchev–Trinajstić information content (AvgIpc) is 3.23. The van der Waals surface area contributed by atoms with E-state index >= 15 is 0 Å². The van der Waals surface area contributed by atoms with Crippen molar-refractivity contribution in [3.8, 4) is 0 Å². The molecule has 2 atom stereocenters. The van der Waals surface area contributed by atoms with Gasteiger partial charge in [0.1, 0.15) is 6.10 Å². The van der Waals surface area contributed by atoms with Crippen molar-refractivity contribution in [2.75, 3.05) is 39.6 Å². The Labute approximate surface area is 121 Å². The van der Waals surface area contributed by atoms with E-state index in [1.807, 2.05) is 13.8 Å². The molecule has 0 radical (unpaired) electrons. The van der Waals surface area contributed by atoms with Gasteiger partial charge in [-0.25, -0.2) is 0 Å². The maximum Gasteiger partial charge on any atom is 0.172 e. The van der Waals surface area contributed by atoms with Crippen LogP contribution in [0.25, 0.3) is 0 Å². The molecule has 0 spiro atoms. The highest BCUT2D eigenvalue weighted by atomic mass is 16.7. The van der Waals surface area contributed by atoms with Gasteiger partial charge in [0.05, 0.1) is 25.9 Å². The number of epoxide rings is 1. The molecule has 0 aromatic rings. The zero-order chi connectivity index (χ0) is 14.3. The van der Waals surface area contributed by atoms with Gasteiger partial charge in [-0.15, -0.1) is 0 Å². The summed E-state index contributed by atoms with van der Waals surface area (Å²) in [4.78, 5) is 0. The molecule has 0 aliphatic carbocycles. The zero-order valence-electron chi connectivity index (χ0n) is 12.8. The first-order valence-corrected chi connectivity index (χ1v) is 7.87. The fourth-order valence-corrected chi connectivity index (χ4v) is 2.70. The first-order valence-electron chi connectivity index (χ1n) is 7.87. The molecule has 0 bridgehead atoms. The molecule has 2 rings (SSSR count). The fraction of sp³-hybridized carbons (Fsp3) is 1.00. The molecule has 0 amide bonds. The summed E-state index contributed by atoms with van der Waals surface area (Å²) in [5.41, 5.74) is 0. The molecular weight excluding hydrogens is 260 g/mol. The normalized spacial score (nSPS) is 28.5. The highest BCUT2D eigenvalue weighted by Crippen LogP contribution is 2.31. The van der Waals surface area contributed by atoms with Crippen molar-refractivity contribution < 1.29 is 23.7 Å². The van der Waals surface area contributed by atoms with E-state index in [2.05, 4.69) is 0 Å². The van der Waals surface area contributed by atoms with Crippen LogP contribution < -0.4 is 0 Å². The van der Waals surface area contributed by atoms with Crippen molar-refractivity contribution >= 4 is 0 Å². The monoisotopic (exact) mass is 288 g/mol. The molecule has 5 nitrogen and oxygen atoms in total. The van der Waals surface area contributed by atoms with Crippen LogP contribution in [-0.4, -0.2) is 57.6 Å². The summed E-state index contributed by atoms with van der Waals surface area (Å²) in [5.74, 6) is -0.435. The lowest BCUT2D eigenvalue weighted by Crippen LogP contribution is -2.45. The SMILES string of the molecule is CCOC1(OCC)CCOC(CCCOCC2CO2)C1. The molecule has 5 heteroatoms. The van der Waals surface area contributed by atoms with Gasteiger partial charge in [0.25, 0.3) is 0 Å². The molecule has 0 N–H and O–H groups in total. The summed E-state index contributed by atoms with van der Waals surface area (Å²) in [6.07, 6.45) is 4.20. The Bertz CT molecular complexity index is 255. The Morgan fingerprint density at radius 3 is 2.50 bits per heavy atom. The molecule has 2 aliphatic heterocycles. The van der Waals surface area contributed by atoms with E-state index in [9.17, 15) is 0 Å². The zero-order valence-corrected chi connectivity index (χ0v) is 12.8. The molecule has 0 aromatic heterocycles. The van der Waals surface area contributed by atoms with E-state index in [0.29, 0.717) is 25.9 Å². The lowest BCUT2D eigenvalue weighted by Gasteiger charge is -2.40.